The summed E-state index contributed by atoms with van der Waals surface area (Å²) in [7, 11) is 0. The van der Waals surface area contributed by atoms with Crippen LogP contribution < -0.4 is 0 Å². The van der Waals surface area contributed by atoms with Crippen molar-refractivity contribution in [2.24, 2.45) is 5.92 Å². The summed E-state index contributed by atoms with van der Waals surface area (Å²) in [5.74, 6) is 2.67. The topological polar surface area (TPSA) is 51.2 Å². The average molecular weight is 295 g/mol. The first-order valence-corrected chi connectivity index (χ1v) is 7.37. The molecule has 0 spiro atoms. The molecule has 2 aromatic rings. The fourth-order valence-corrected chi connectivity index (χ4v) is 2.82. The van der Waals surface area contributed by atoms with Crippen molar-refractivity contribution in [3.8, 4) is 0 Å². The number of hydrogen-bond donors (Lipinski definition) is 1. The van der Waals surface area contributed by atoms with Gasteiger partial charge in [-0.25, -0.2) is 0 Å². The molecule has 3 rings (SSSR count). The molecule has 0 saturated heterocycles. The highest BCUT2D eigenvalue weighted by Gasteiger charge is 2.37. The molecule has 1 fully saturated rings. The fourth-order valence-electron chi connectivity index (χ4n) is 2.59. The van der Waals surface area contributed by atoms with Gasteiger partial charge in [-0.15, -0.1) is 0 Å². The zero-order chi connectivity index (χ0) is 14.4. The summed E-state index contributed by atoms with van der Waals surface area (Å²) in [6.45, 7) is 6.20. The number of furan rings is 1. The third-order valence-corrected chi connectivity index (χ3v) is 4.22. The Morgan fingerprint density at radius 2 is 2.15 bits per heavy atom. The van der Waals surface area contributed by atoms with Crippen molar-refractivity contribution in [2.75, 3.05) is 0 Å². The van der Waals surface area contributed by atoms with Crippen molar-refractivity contribution in [1.82, 2.24) is 9.78 Å². The molecular weight excluding hydrogens is 276 g/mol. The molecule has 0 aromatic carbocycles. The number of hydrogen-bond acceptors (Lipinski definition) is 3. The largest absolute Gasteiger partial charge is 0.463 e. The highest BCUT2D eigenvalue weighted by atomic mass is 35.5. The zero-order valence-electron chi connectivity index (χ0n) is 11.9. The predicted octanol–water partition coefficient (Wildman–Crippen LogP) is 3.92. The van der Waals surface area contributed by atoms with Gasteiger partial charge >= 0.3 is 0 Å². The first kappa shape index (κ1) is 13.7. The Morgan fingerprint density at radius 1 is 1.45 bits per heavy atom. The van der Waals surface area contributed by atoms with Gasteiger partial charge in [0.2, 0.25) is 0 Å². The molecule has 1 saturated carbocycles. The van der Waals surface area contributed by atoms with Gasteiger partial charge in [0, 0.05) is 12.0 Å². The molecule has 108 valence electrons. The van der Waals surface area contributed by atoms with Crippen LogP contribution in [0, 0.1) is 5.92 Å². The Kier molecular flexibility index (Phi) is 3.38. The molecule has 3 atom stereocenters. The Labute approximate surface area is 123 Å². The second-order valence-corrected chi connectivity index (χ2v) is 6.29. The van der Waals surface area contributed by atoms with E-state index in [1.54, 1.807) is 10.9 Å². The second-order valence-electron chi connectivity index (χ2n) is 5.88. The molecule has 0 aliphatic heterocycles. The van der Waals surface area contributed by atoms with Gasteiger partial charge < -0.3 is 9.52 Å². The summed E-state index contributed by atoms with van der Waals surface area (Å²) in [5, 5.41) is 15.2. The second kappa shape index (κ2) is 4.93. The number of aliphatic hydroxyl groups is 1. The van der Waals surface area contributed by atoms with E-state index in [1.807, 2.05) is 26.0 Å². The SMILES string of the molecule is CC1CC1c1ccc(C(O)c2c(Cl)cnn2C(C)C)o1. The normalized spacial score (nSPS) is 23.3. The number of nitrogens with zero attached hydrogens (tertiary/aromatic N) is 2. The highest BCUT2D eigenvalue weighted by molar-refractivity contribution is 6.31. The molecule has 2 heterocycles. The summed E-state index contributed by atoms with van der Waals surface area (Å²) in [6, 6.07) is 3.92. The number of halogens is 1. The lowest BCUT2D eigenvalue weighted by Gasteiger charge is -2.15. The molecule has 0 bridgehead atoms. The predicted molar refractivity (Wildman–Crippen MR) is 76.9 cm³/mol. The van der Waals surface area contributed by atoms with Crippen LogP contribution >= 0.6 is 11.6 Å². The minimum Gasteiger partial charge on any atom is -0.463 e. The van der Waals surface area contributed by atoms with Crippen molar-refractivity contribution in [1.29, 1.82) is 0 Å². The Bertz CT molecular complexity index is 617. The van der Waals surface area contributed by atoms with Crippen LogP contribution in [-0.2, 0) is 0 Å². The minimum absolute atomic E-state index is 0.130. The van der Waals surface area contributed by atoms with Crippen LogP contribution in [0.25, 0.3) is 0 Å². The third-order valence-electron chi connectivity index (χ3n) is 3.93. The van der Waals surface area contributed by atoms with Crippen LogP contribution in [-0.4, -0.2) is 14.9 Å². The molecule has 5 heteroatoms. The summed E-state index contributed by atoms with van der Waals surface area (Å²) in [4.78, 5) is 0. The molecule has 1 aliphatic carbocycles. The fraction of sp³-hybridized carbons (Fsp3) is 0.533. The number of aromatic nitrogens is 2. The quantitative estimate of drug-likeness (QED) is 0.930. The molecule has 0 radical (unpaired) electrons. The third kappa shape index (κ3) is 2.27. The first-order chi connectivity index (χ1) is 9.49. The Hall–Kier alpha value is -1.26. The highest BCUT2D eigenvalue weighted by Crippen LogP contribution is 2.48. The lowest BCUT2D eigenvalue weighted by atomic mass is 10.2. The smallest absolute Gasteiger partial charge is 0.155 e. The minimum atomic E-state index is -0.879. The lowest BCUT2D eigenvalue weighted by Crippen LogP contribution is -2.12. The number of aliphatic hydroxyl groups excluding tert-OH is 1. The molecular formula is C15H19ClN2O2. The summed E-state index contributed by atoms with van der Waals surface area (Å²) < 4.78 is 7.53. The summed E-state index contributed by atoms with van der Waals surface area (Å²) in [5.41, 5.74) is 0.589. The van der Waals surface area contributed by atoms with Crippen LogP contribution in [0.2, 0.25) is 5.02 Å². The molecule has 4 nitrogen and oxygen atoms in total. The van der Waals surface area contributed by atoms with Crippen LogP contribution in [0.3, 0.4) is 0 Å². The summed E-state index contributed by atoms with van der Waals surface area (Å²) >= 11 is 6.15. The monoisotopic (exact) mass is 294 g/mol. The van der Waals surface area contributed by atoms with E-state index in [1.165, 1.54) is 0 Å². The molecule has 0 amide bonds. The number of rotatable bonds is 4. The Morgan fingerprint density at radius 3 is 2.75 bits per heavy atom. The van der Waals surface area contributed by atoms with Gasteiger partial charge in [0.15, 0.2) is 6.10 Å². The van der Waals surface area contributed by atoms with Crippen molar-refractivity contribution in [3.05, 3.63) is 40.6 Å². The van der Waals surface area contributed by atoms with Crippen molar-refractivity contribution < 1.29 is 9.52 Å². The maximum absolute atomic E-state index is 10.5. The van der Waals surface area contributed by atoms with Gasteiger partial charge in [-0.2, -0.15) is 5.10 Å². The van der Waals surface area contributed by atoms with Gasteiger partial charge in [0.25, 0.3) is 0 Å². The molecule has 3 unspecified atom stereocenters. The van der Waals surface area contributed by atoms with E-state index in [2.05, 4.69) is 12.0 Å². The van der Waals surface area contributed by atoms with Crippen molar-refractivity contribution in [2.45, 2.75) is 45.3 Å². The molecule has 1 aliphatic rings. The van der Waals surface area contributed by atoms with Crippen LogP contribution in [0.4, 0.5) is 0 Å². The van der Waals surface area contributed by atoms with E-state index in [0.717, 1.165) is 12.2 Å². The van der Waals surface area contributed by atoms with Crippen LogP contribution in [0.15, 0.2) is 22.7 Å². The maximum Gasteiger partial charge on any atom is 0.155 e. The van der Waals surface area contributed by atoms with Gasteiger partial charge in [-0.3, -0.25) is 4.68 Å². The summed E-state index contributed by atoms with van der Waals surface area (Å²) in [6.07, 6.45) is 1.84. The van der Waals surface area contributed by atoms with E-state index in [9.17, 15) is 5.11 Å². The van der Waals surface area contributed by atoms with Crippen molar-refractivity contribution in [3.63, 3.8) is 0 Å². The molecule has 2 aromatic heterocycles. The standard InChI is InChI=1S/C15H19ClN2O2/c1-8(2)18-14(11(16)7-17-18)15(19)13-5-4-12(20-13)10-6-9(10)3/h4-5,7-10,15,19H,6H2,1-3H3. The van der Waals surface area contributed by atoms with Gasteiger partial charge in [-0.1, -0.05) is 18.5 Å². The Balaban J connectivity index is 1.90. The van der Waals surface area contributed by atoms with E-state index in [-0.39, 0.29) is 6.04 Å². The molecule has 20 heavy (non-hydrogen) atoms. The zero-order valence-corrected chi connectivity index (χ0v) is 12.6. The van der Waals surface area contributed by atoms with Gasteiger partial charge in [0.1, 0.15) is 11.5 Å². The molecule has 1 N–H and O–H groups in total. The van der Waals surface area contributed by atoms with E-state index >= 15 is 0 Å². The lowest BCUT2D eigenvalue weighted by molar-refractivity contribution is 0.174. The van der Waals surface area contributed by atoms with E-state index in [4.69, 9.17) is 16.0 Å². The van der Waals surface area contributed by atoms with E-state index < -0.39 is 6.10 Å². The van der Waals surface area contributed by atoms with Gasteiger partial charge in [-0.05, 0) is 38.3 Å². The average Bonchev–Trinajstić information content (AvgIpc) is 2.82. The maximum atomic E-state index is 10.5. The van der Waals surface area contributed by atoms with Crippen molar-refractivity contribution >= 4 is 11.6 Å². The first-order valence-electron chi connectivity index (χ1n) is 6.99. The van der Waals surface area contributed by atoms with Gasteiger partial charge in [0.05, 0.1) is 16.9 Å². The van der Waals surface area contributed by atoms with Crippen LogP contribution in [0.5, 0.6) is 0 Å². The van der Waals surface area contributed by atoms with Crippen LogP contribution in [0.1, 0.15) is 62.5 Å². The van der Waals surface area contributed by atoms with E-state index in [0.29, 0.717) is 28.3 Å².